The summed E-state index contributed by atoms with van der Waals surface area (Å²) >= 11 is 6.26. The normalized spacial score (nSPS) is 10.4. The molecule has 4 nitrogen and oxygen atoms in total. The van der Waals surface area contributed by atoms with Crippen molar-refractivity contribution < 1.29 is 19.0 Å². The highest BCUT2D eigenvalue weighted by Gasteiger charge is 2.08. The van der Waals surface area contributed by atoms with E-state index in [4.69, 9.17) is 21.4 Å². The topological polar surface area (TPSA) is 58.6 Å². The van der Waals surface area contributed by atoms with Gasteiger partial charge in [-0.2, -0.15) is 0 Å². The number of hydrogen-bond acceptors (Lipinski definition) is 3. The Morgan fingerprint density at radius 1 is 1.07 bits per heavy atom. The molecule has 0 fully saturated rings. The minimum atomic E-state index is -1.16. The Labute approximate surface area is 161 Å². The van der Waals surface area contributed by atoms with Crippen molar-refractivity contribution >= 4 is 23.3 Å². The molecule has 3 rings (SSSR count). The number of hydrogen-bond donors (Lipinski definition) is 2. The molecule has 3 aromatic carbocycles. The first kappa shape index (κ1) is 18.7. The molecule has 0 saturated carbocycles. The lowest BCUT2D eigenvalue weighted by Crippen LogP contribution is -2.10. The Kier molecular flexibility index (Phi) is 5.94. The molecule has 0 unspecified atom stereocenters. The van der Waals surface area contributed by atoms with Crippen LogP contribution in [0, 0.1) is 5.82 Å². The summed E-state index contributed by atoms with van der Waals surface area (Å²) in [6.07, 6.45) is 0. The Morgan fingerprint density at radius 3 is 2.63 bits per heavy atom. The minimum absolute atomic E-state index is 0.0938. The summed E-state index contributed by atoms with van der Waals surface area (Å²) in [5.41, 5.74) is 3.54. The van der Waals surface area contributed by atoms with Crippen LogP contribution in [0.2, 0.25) is 5.02 Å². The van der Waals surface area contributed by atoms with Gasteiger partial charge in [-0.3, -0.25) is 0 Å². The lowest BCUT2D eigenvalue weighted by atomic mass is 10.0. The molecule has 138 valence electrons. The van der Waals surface area contributed by atoms with Crippen LogP contribution in [0.4, 0.5) is 10.1 Å². The van der Waals surface area contributed by atoms with Crippen molar-refractivity contribution in [2.24, 2.45) is 0 Å². The summed E-state index contributed by atoms with van der Waals surface area (Å²) in [7, 11) is 0. The lowest BCUT2D eigenvalue weighted by molar-refractivity contribution is -0.139. The van der Waals surface area contributed by atoms with Gasteiger partial charge < -0.3 is 15.2 Å². The van der Waals surface area contributed by atoms with Crippen molar-refractivity contribution in [2.45, 2.75) is 6.54 Å². The Hall–Kier alpha value is -3.05. The zero-order valence-corrected chi connectivity index (χ0v) is 15.0. The third-order valence-corrected chi connectivity index (χ3v) is 4.22. The molecule has 2 N–H and O–H groups in total. The third-order valence-electron chi connectivity index (χ3n) is 3.89. The van der Waals surface area contributed by atoms with Gasteiger partial charge in [0.25, 0.3) is 0 Å². The minimum Gasteiger partial charge on any atom is -0.479 e. The van der Waals surface area contributed by atoms with Gasteiger partial charge in [0.05, 0.1) is 0 Å². The Balaban J connectivity index is 1.68. The van der Waals surface area contributed by atoms with Crippen molar-refractivity contribution in [3.63, 3.8) is 0 Å². The highest BCUT2D eigenvalue weighted by molar-refractivity contribution is 6.33. The van der Waals surface area contributed by atoms with E-state index in [2.05, 4.69) is 5.32 Å². The molecule has 3 aromatic rings. The monoisotopic (exact) mass is 385 g/mol. The molecule has 0 heterocycles. The first-order valence-corrected chi connectivity index (χ1v) is 8.62. The fourth-order valence-electron chi connectivity index (χ4n) is 2.62. The summed E-state index contributed by atoms with van der Waals surface area (Å²) < 4.78 is 18.9. The molecule has 0 radical (unpaired) electrons. The quantitative estimate of drug-likeness (QED) is 0.585. The summed E-state index contributed by atoms with van der Waals surface area (Å²) in [6.45, 7) is -0.0917. The highest BCUT2D eigenvalue weighted by Crippen LogP contribution is 2.28. The number of aliphatic carboxylic acids is 1. The van der Waals surface area contributed by atoms with Crippen molar-refractivity contribution in [1.29, 1.82) is 0 Å². The number of ether oxygens (including phenoxy) is 1. The van der Waals surface area contributed by atoms with E-state index in [0.717, 1.165) is 16.7 Å². The van der Waals surface area contributed by atoms with Crippen LogP contribution in [0.15, 0.2) is 66.7 Å². The molecule has 0 aliphatic heterocycles. The van der Waals surface area contributed by atoms with E-state index < -0.39 is 18.4 Å². The second kappa shape index (κ2) is 8.56. The maximum Gasteiger partial charge on any atom is 0.341 e. The predicted octanol–water partition coefficient (Wildman–Crippen LogP) is 5.22. The van der Waals surface area contributed by atoms with Crippen LogP contribution >= 0.6 is 11.6 Å². The smallest absolute Gasteiger partial charge is 0.341 e. The van der Waals surface area contributed by atoms with Crippen LogP contribution in [0.5, 0.6) is 5.75 Å². The Morgan fingerprint density at radius 2 is 1.89 bits per heavy atom. The maximum absolute atomic E-state index is 14.0. The van der Waals surface area contributed by atoms with E-state index >= 15 is 0 Å². The van der Waals surface area contributed by atoms with Gasteiger partial charge in [0, 0.05) is 28.9 Å². The number of rotatable bonds is 7. The molecule has 0 bridgehead atoms. The van der Waals surface area contributed by atoms with E-state index in [1.807, 2.05) is 48.5 Å². The maximum atomic E-state index is 14.0. The second-order valence-corrected chi connectivity index (χ2v) is 6.27. The molecule has 0 spiro atoms. The van der Waals surface area contributed by atoms with E-state index in [-0.39, 0.29) is 5.75 Å². The van der Waals surface area contributed by atoms with Crippen LogP contribution in [-0.2, 0) is 11.3 Å². The summed E-state index contributed by atoms with van der Waals surface area (Å²) in [5.74, 6) is -1.87. The molecule has 0 aliphatic rings. The number of carboxylic acids is 1. The number of carboxylic acid groups (broad SMARTS) is 1. The predicted molar refractivity (Wildman–Crippen MR) is 104 cm³/mol. The Bertz CT molecular complexity index is 962. The molecule has 27 heavy (non-hydrogen) atoms. The molecular formula is C21H17ClFNO3. The highest BCUT2D eigenvalue weighted by atomic mass is 35.5. The van der Waals surface area contributed by atoms with E-state index in [1.165, 1.54) is 12.1 Å². The molecule has 0 aromatic heterocycles. The number of halogens is 2. The SMILES string of the molecule is O=C(O)COc1ccc(NCc2cccc(-c3ccccc3Cl)c2)cc1F. The van der Waals surface area contributed by atoms with Crippen molar-refractivity contribution in [3.8, 4) is 16.9 Å². The van der Waals surface area contributed by atoms with E-state index in [1.54, 1.807) is 6.07 Å². The van der Waals surface area contributed by atoms with Crippen LogP contribution < -0.4 is 10.1 Å². The van der Waals surface area contributed by atoms with E-state index in [0.29, 0.717) is 17.3 Å². The van der Waals surface area contributed by atoms with Gasteiger partial charge in [-0.25, -0.2) is 9.18 Å². The average Bonchev–Trinajstić information content (AvgIpc) is 2.66. The number of carbonyl (C=O) groups is 1. The van der Waals surface area contributed by atoms with Gasteiger partial charge in [0.1, 0.15) is 0 Å². The van der Waals surface area contributed by atoms with Crippen LogP contribution in [0.1, 0.15) is 5.56 Å². The zero-order valence-electron chi connectivity index (χ0n) is 14.3. The molecule has 0 amide bonds. The molecule has 6 heteroatoms. The second-order valence-electron chi connectivity index (χ2n) is 5.86. The fourth-order valence-corrected chi connectivity index (χ4v) is 2.86. The van der Waals surface area contributed by atoms with Crippen LogP contribution in [-0.4, -0.2) is 17.7 Å². The molecular weight excluding hydrogens is 369 g/mol. The molecule has 0 saturated heterocycles. The average molecular weight is 386 g/mol. The van der Waals surface area contributed by atoms with Gasteiger partial charge in [0.2, 0.25) is 0 Å². The summed E-state index contributed by atoms with van der Waals surface area (Å²) in [5, 5.41) is 12.4. The molecule has 0 atom stereocenters. The zero-order chi connectivity index (χ0) is 19.2. The van der Waals surface area contributed by atoms with Gasteiger partial charge in [-0.1, -0.05) is 48.0 Å². The fraction of sp³-hybridized carbons (Fsp3) is 0.0952. The number of anilines is 1. The van der Waals surface area contributed by atoms with Gasteiger partial charge in [0.15, 0.2) is 18.2 Å². The molecule has 0 aliphatic carbocycles. The first-order valence-electron chi connectivity index (χ1n) is 8.25. The van der Waals surface area contributed by atoms with Gasteiger partial charge in [-0.15, -0.1) is 0 Å². The van der Waals surface area contributed by atoms with Crippen LogP contribution in [0.25, 0.3) is 11.1 Å². The van der Waals surface area contributed by atoms with Crippen molar-refractivity contribution in [2.75, 3.05) is 11.9 Å². The summed E-state index contributed by atoms with van der Waals surface area (Å²) in [6, 6.07) is 19.9. The standard InChI is InChI=1S/C21H17ClFNO3/c22-18-7-2-1-6-17(18)15-5-3-4-14(10-15)12-24-16-8-9-20(19(23)11-16)27-13-21(25)26/h1-11,24H,12-13H2,(H,25,26). The third kappa shape index (κ3) is 4.99. The summed E-state index contributed by atoms with van der Waals surface area (Å²) in [4.78, 5) is 10.5. The number of nitrogens with one attached hydrogen (secondary N) is 1. The van der Waals surface area contributed by atoms with Gasteiger partial charge >= 0.3 is 5.97 Å². The lowest BCUT2D eigenvalue weighted by Gasteiger charge is -2.11. The van der Waals surface area contributed by atoms with Crippen molar-refractivity contribution in [3.05, 3.63) is 83.1 Å². The van der Waals surface area contributed by atoms with Crippen molar-refractivity contribution in [1.82, 2.24) is 0 Å². The van der Waals surface area contributed by atoms with E-state index in [9.17, 15) is 9.18 Å². The van der Waals surface area contributed by atoms with Gasteiger partial charge in [-0.05, 0) is 35.4 Å². The first-order chi connectivity index (χ1) is 13.0. The van der Waals surface area contributed by atoms with Crippen LogP contribution in [0.3, 0.4) is 0 Å². The number of benzene rings is 3. The largest absolute Gasteiger partial charge is 0.479 e.